The van der Waals surface area contributed by atoms with Crippen molar-refractivity contribution in [2.24, 2.45) is 5.41 Å². The third-order valence-electron chi connectivity index (χ3n) is 4.68. The Morgan fingerprint density at radius 2 is 1.46 bits per heavy atom. The molecule has 1 atom stereocenters. The molecule has 1 aromatic carbocycles. The molecule has 1 aliphatic heterocycles. The highest BCUT2D eigenvalue weighted by molar-refractivity contribution is 7.98. The smallest absolute Gasteiger partial charge is 0.215 e. The highest BCUT2D eigenvalue weighted by Gasteiger charge is 2.47. The minimum absolute atomic E-state index is 0.00400. The largest absolute Gasteiger partial charge is 0.299 e. The van der Waals surface area contributed by atoms with Crippen molar-refractivity contribution in [2.75, 3.05) is 11.5 Å². The monoisotopic (exact) mass is 347 g/mol. The van der Waals surface area contributed by atoms with Gasteiger partial charge < -0.3 is 0 Å². The molecule has 2 nitrogen and oxygen atoms in total. The fourth-order valence-electron chi connectivity index (χ4n) is 3.28. The van der Waals surface area contributed by atoms with Crippen molar-refractivity contribution in [1.82, 2.24) is 0 Å². The van der Waals surface area contributed by atoms with Crippen LogP contribution in [-0.4, -0.2) is 28.3 Å². The van der Waals surface area contributed by atoms with Gasteiger partial charge in [-0.3, -0.25) is 9.59 Å². The van der Waals surface area contributed by atoms with Crippen LogP contribution in [0.2, 0.25) is 0 Å². The summed E-state index contributed by atoms with van der Waals surface area (Å²) in [5.41, 5.74) is 2.07. The molecule has 0 saturated carbocycles. The summed E-state index contributed by atoms with van der Waals surface area (Å²) in [6, 6.07) is 8.14. The molecule has 3 heteroatoms. The second kappa shape index (κ2) is 7.03. The van der Waals surface area contributed by atoms with E-state index in [2.05, 4.69) is 53.7 Å². The Bertz CT molecular complexity index is 592. The molecule has 0 aromatic heterocycles. The van der Waals surface area contributed by atoms with Crippen LogP contribution >= 0.6 is 0 Å². The van der Waals surface area contributed by atoms with E-state index >= 15 is 0 Å². The molecule has 1 heterocycles. The molecule has 1 aliphatic rings. The predicted octanol–water partition coefficient (Wildman–Crippen LogP) is 4.56. The Morgan fingerprint density at radius 1 is 0.958 bits per heavy atom. The fraction of sp³-hybridized carbons (Fsp3) is 0.619. The van der Waals surface area contributed by atoms with Gasteiger partial charge in [0.2, 0.25) is 5.78 Å². The molecule has 0 bridgehead atoms. The van der Waals surface area contributed by atoms with Gasteiger partial charge in [0.25, 0.3) is 0 Å². The number of carbonyl (C=O) groups is 2. The zero-order valence-corrected chi connectivity index (χ0v) is 16.8. The van der Waals surface area contributed by atoms with Crippen LogP contribution in [0.15, 0.2) is 24.3 Å². The van der Waals surface area contributed by atoms with Crippen LogP contribution in [0, 0.1) is 5.41 Å². The Balaban J connectivity index is 2.26. The first-order chi connectivity index (χ1) is 11.0. The summed E-state index contributed by atoms with van der Waals surface area (Å²) in [5.74, 6) is 2.37. The van der Waals surface area contributed by atoms with Crippen molar-refractivity contribution in [3.05, 3.63) is 35.4 Å². The number of carbonyl (C=O) groups excluding carboxylic acids is 2. The van der Waals surface area contributed by atoms with E-state index < -0.39 is 0 Å². The average molecular weight is 348 g/mol. The molecule has 1 saturated heterocycles. The van der Waals surface area contributed by atoms with Crippen LogP contribution in [0.25, 0.3) is 0 Å². The average Bonchev–Trinajstić information content (AvgIpc) is 2.47. The molecule has 2 rings (SSSR count). The van der Waals surface area contributed by atoms with E-state index in [4.69, 9.17) is 0 Å². The molecular formula is C21H31O2S+. The SMILES string of the molecule is CC(C)(C)c1ccc(C(=O)C([S+]2CCC(=O)CC2)C(C)(C)C)cc1. The zero-order valence-electron chi connectivity index (χ0n) is 15.9. The lowest BCUT2D eigenvalue weighted by atomic mass is 9.84. The highest BCUT2D eigenvalue weighted by atomic mass is 32.2. The van der Waals surface area contributed by atoms with Crippen molar-refractivity contribution >= 4 is 22.5 Å². The summed E-state index contributed by atoms with van der Waals surface area (Å²) in [6.07, 6.45) is 1.29. The third-order valence-corrected chi connectivity index (χ3v) is 7.72. The van der Waals surface area contributed by atoms with Crippen LogP contribution in [0.4, 0.5) is 0 Å². The van der Waals surface area contributed by atoms with E-state index in [1.165, 1.54) is 5.56 Å². The number of hydrogen-bond donors (Lipinski definition) is 0. The normalized spacial score (nSPS) is 18.5. The lowest BCUT2D eigenvalue weighted by Gasteiger charge is -2.31. The zero-order chi connectivity index (χ0) is 18.1. The maximum atomic E-state index is 13.3. The molecule has 0 amide bonds. The fourth-order valence-corrected chi connectivity index (χ4v) is 6.38. The second-order valence-electron chi connectivity index (χ2n) is 8.92. The molecule has 0 radical (unpaired) electrons. The van der Waals surface area contributed by atoms with Crippen LogP contribution < -0.4 is 0 Å². The van der Waals surface area contributed by atoms with E-state index in [0.717, 1.165) is 17.1 Å². The first-order valence-electron chi connectivity index (χ1n) is 8.83. The number of Topliss-reactive ketones (excluding diaryl/α,β-unsaturated/α-hetero) is 2. The van der Waals surface area contributed by atoms with Gasteiger partial charge in [-0.15, -0.1) is 0 Å². The standard InChI is InChI=1S/C21H31O2S/c1-20(2,3)16-9-7-15(8-10-16)18(23)19(21(4,5)6)24-13-11-17(22)12-14-24/h7-10,19H,11-14H2,1-6H3/q+1. The molecule has 132 valence electrons. The van der Waals surface area contributed by atoms with Crippen LogP contribution in [0.5, 0.6) is 0 Å². The predicted molar refractivity (Wildman–Crippen MR) is 104 cm³/mol. The number of hydrogen-bond acceptors (Lipinski definition) is 2. The summed E-state index contributed by atoms with van der Waals surface area (Å²) in [4.78, 5) is 24.8. The number of ketones is 2. The summed E-state index contributed by atoms with van der Waals surface area (Å²) in [7, 11) is 0.00400. The summed E-state index contributed by atoms with van der Waals surface area (Å²) in [6.45, 7) is 13.0. The lowest BCUT2D eigenvalue weighted by molar-refractivity contribution is -0.118. The molecule has 1 unspecified atom stereocenters. The van der Waals surface area contributed by atoms with Gasteiger partial charge in [0.05, 0.1) is 12.8 Å². The third kappa shape index (κ3) is 4.50. The molecule has 1 fully saturated rings. The Hall–Kier alpha value is -1.09. The molecular weight excluding hydrogens is 316 g/mol. The molecule has 0 N–H and O–H groups in total. The topological polar surface area (TPSA) is 34.1 Å². The van der Waals surface area contributed by atoms with Gasteiger partial charge >= 0.3 is 0 Å². The van der Waals surface area contributed by atoms with Crippen molar-refractivity contribution in [3.8, 4) is 0 Å². The van der Waals surface area contributed by atoms with E-state index in [1.807, 2.05) is 12.1 Å². The van der Waals surface area contributed by atoms with Gasteiger partial charge in [-0.1, -0.05) is 65.8 Å². The minimum atomic E-state index is -0.0801. The second-order valence-corrected chi connectivity index (χ2v) is 11.3. The minimum Gasteiger partial charge on any atom is -0.299 e. The molecule has 1 aromatic rings. The highest BCUT2D eigenvalue weighted by Crippen LogP contribution is 2.33. The Morgan fingerprint density at radius 3 is 1.88 bits per heavy atom. The van der Waals surface area contributed by atoms with Crippen LogP contribution in [0.1, 0.15) is 70.3 Å². The van der Waals surface area contributed by atoms with Crippen LogP contribution in [0.3, 0.4) is 0 Å². The number of benzene rings is 1. The van der Waals surface area contributed by atoms with E-state index in [9.17, 15) is 9.59 Å². The van der Waals surface area contributed by atoms with E-state index in [-0.39, 0.29) is 32.8 Å². The van der Waals surface area contributed by atoms with Gasteiger partial charge in [-0.2, -0.15) is 0 Å². The van der Waals surface area contributed by atoms with Gasteiger partial charge in [0.1, 0.15) is 17.3 Å². The Kier molecular flexibility index (Phi) is 5.64. The Labute approximate surface area is 149 Å². The molecule has 0 aliphatic carbocycles. The van der Waals surface area contributed by atoms with Crippen molar-refractivity contribution in [3.63, 3.8) is 0 Å². The van der Waals surface area contributed by atoms with Crippen LogP contribution in [-0.2, 0) is 21.1 Å². The number of rotatable bonds is 3. The first kappa shape index (κ1) is 19.2. The van der Waals surface area contributed by atoms with Gasteiger partial charge in [-0.25, -0.2) is 0 Å². The molecule has 24 heavy (non-hydrogen) atoms. The van der Waals surface area contributed by atoms with Gasteiger partial charge in [0.15, 0.2) is 5.25 Å². The summed E-state index contributed by atoms with van der Waals surface area (Å²) in [5, 5.41) is 0.00564. The summed E-state index contributed by atoms with van der Waals surface area (Å²) >= 11 is 0. The van der Waals surface area contributed by atoms with E-state index in [0.29, 0.717) is 18.6 Å². The summed E-state index contributed by atoms with van der Waals surface area (Å²) < 4.78 is 0. The molecule has 0 spiro atoms. The maximum Gasteiger partial charge on any atom is 0.215 e. The maximum absolute atomic E-state index is 13.3. The van der Waals surface area contributed by atoms with Crippen molar-refractivity contribution in [1.29, 1.82) is 0 Å². The van der Waals surface area contributed by atoms with Gasteiger partial charge in [-0.05, 0) is 21.9 Å². The van der Waals surface area contributed by atoms with Crippen molar-refractivity contribution in [2.45, 2.75) is 65.0 Å². The lowest BCUT2D eigenvalue weighted by Crippen LogP contribution is -2.46. The van der Waals surface area contributed by atoms with E-state index in [1.54, 1.807) is 0 Å². The quantitative estimate of drug-likeness (QED) is 0.593. The van der Waals surface area contributed by atoms with Crippen molar-refractivity contribution < 1.29 is 9.59 Å². The first-order valence-corrected chi connectivity index (χ1v) is 10.5. The van der Waals surface area contributed by atoms with Gasteiger partial charge in [0, 0.05) is 11.0 Å².